The maximum absolute atomic E-state index is 11.4. The van der Waals surface area contributed by atoms with Crippen molar-refractivity contribution in [2.75, 3.05) is 20.6 Å². The van der Waals surface area contributed by atoms with E-state index in [1.54, 1.807) is 16.8 Å². The molecule has 0 spiro atoms. The average Bonchev–Trinajstić information content (AvgIpc) is 1.97. The van der Waals surface area contributed by atoms with Gasteiger partial charge >= 0.3 is 6.03 Å². The van der Waals surface area contributed by atoms with Crippen molar-refractivity contribution in [2.45, 2.75) is 20.8 Å². The zero-order valence-electron chi connectivity index (χ0n) is 9.09. The minimum atomic E-state index is 0.0630. The molecule has 0 radical (unpaired) electrons. The molecule has 2 amide bonds. The average molecular weight is 182 g/mol. The van der Waals surface area contributed by atoms with E-state index in [1.807, 2.05) is 13.2 Å². The number of hydrogen-bond donors (Lipinski definition) is 0. The molecule has 0 N–H and O–H groups in total. The standard InChI is InChI=1S/C10H18N2O/c1-10(2,3)8-6-11(4)9(13)12(5)7-8/h6H,7H2,1-5H3. The van der Waals surface area contributed by atoms with Crippen molar-refractivity contribution in [3.8, 4) is 0 Å². The Morgan fingerprint density at radius 2 is 1.85 bits per heavy atom. The lowest BCUT2D eigenvalue weighted by Gasteiger charge is -2.35. The van der Waals surface area contributed by atoms with E-state index in [4.69, 9.17) is 0 Å². The lowest BCUT2D eigenvalue weighted by Crippen LogP contribution is -2.43. The molecule has 0 aliphatic carbocycles. The van der Waals surface area contributed by atoms with Crippen molar-refractivity contribution in [1.82, 2.24) is 9.80 Å². The van der Waals surface area contributed by atoms with Crippen molar-refractivity contribution >= 4 is 6.03 Å². The maximum atomic E-state index is 11.4. The van der Waals surface area contributed by atoms with Crippen molar-refractivity contribution in [3.63, 3.8) is 0 Å². The SMILES string of the molecule is CN1C=C(C(C)(C)C)CN(C)C1=O. The van der Waals surface area contributed by atoms with E-state index in [-0.39, 0.29) is 11.4 Å². The molecule has 3 nitrogen and oxygen atoms in total. The van der Waals surface area contributed by atoms with E-state index in [9.17, 15) is 4.79 Å². The second-order valence-electron chi connectivity index (χ2n) is 4.65. The second-order valence-corrected chi connectivity index (χ2v) is 4.65. The van der Waals surface area contributed by atoms with Gasteiger partial charge in [-0.2, -0.15) is 0 Å². The fourth-order valence-corrected chi connectivity index (χ4v) is 1.35. The third-order valence-electron chi connectivity index (χ3n) is 2.35. The van der Waals surface area contributed by atoms with Gasteiger partial charge < -0.3 is 9.80 Å². The molecule has 0 saturated heterocycles. The van der Waals surface area contributed by atoms with Crippen LogP contribution in [0.2, 0.25) is 0 Å². The van der Waals surface area contributed by atoms with Gasteiger partial charge in [-0.3, -0.25) is 0 Å². The topological polar surface area (TPSA) is 23.6 Å². The Hall–Kier alpha value is -0.990. The third-order valence-corrected chi connectivity index (χ3v) is 2.35. The number of likely N-dealkylation sites (N-methyl/N-ethyl adjacent to an activating group) is 1. The van der Waals surface area contributed by atoms with Gasteiger partial charge in [0, 0.05) is 26.8 Å². The summed E-state index contributed by atoms with van der Waals surface area (Å²) in [4.78, 5) is 14.8. The molecule has 0 bridgehead atoms. The summed E-state index contributed by atoms with van der Waals surface area (Å²) in [5.74, 6) is 0. The Bertz CT molecular complexity index is 250. The highest BCUT2D eigenvalue weighted by molar-refractivity contribution is 5.76. The van der Waals surface area contributed by atoms with Crippen LogP contribution in [0.3, 0.4) is 0 Å². The highest BCUT2D eigenvalue weighted by Gasteiger charge is 2.26. The monoisotopic (exact) mass is 182 g/mol. The Morgan fingerprint density at radius 1 is 1.31 bits per heavy atom. The van der Waals surface area contributed by atoms with Gasteiger partial charge in [0.05, 0.1) is 0 Å². The molecule has 1 rings (SSSR count). The summed E-state index contributed by atoms with van der Waals surface area (Å²) in [5.41, 5.74) is 1.43. The number of urea groups is 1. The van der Waals surface area contributed by atoms with E-state index in [1.165, 1.54) is 5.57 Å². The molecule has 74 valence electrons. The summed E-state index contributed by atoms with van der Waals surface area (Å²) in [6, 6.07) is 0.0630. The molecule has 0 atom stereocenters. The van der Waals surface area contributed by atoms with Gasteiger partial charge in [-0.15, -0.1) is 0 Å². The Labute approximate surface area is 80.0 Å². The van der Waals surface area contributed by atoms with Gasteiger partial charge in [0.2, 0.25) is 0 Å². The summed E-state index contributed by atoms with van der Waals surface area (Å²) in [5, 5.41) is 0. The largest absolute Gasteiger partial charge is 0.323 e. The third kappa shape index (κ3) is 2.02. The summed E-state index contributed by atoms with van der Waals surface area (Å²) in [6.45, 7) is 7.23. The van der Waals surface area contributed by atoms with Crippen molar-refractivity contribution < 1.29 is 4.79 Å². The van der Waals surface area contributed by atoms with Gasteiger partial charge in [0.15, 0.2) is 0 Å². The number of nitrogens with zero attached hydrogens (tertiary/aromatic N) is 2. The molecule has 0 aromatic rings. The summed E-state index contributed by atoms with van der Waals surface area (Å²) in [7, 11) is 3.63. The molecule has 1 aliphatic heterocycles. The Balaban J connectivity index is 2.92. The summed E-state index contributed by atoms with van der Waals surface area (Å²) in [6.07, 6.45) is 1.95. The highest BCUT2D eigenvalue weighted by Crippen LogP contribution is 2.28. The fourth-order valence-electron chi connectivity index (χ4n) is 1.35. The summed E-state index contributed by atoms with van der Waals surface area (Å²) >= 11 is 0. The van der Waals surface area contributed by atoms with Gasteiger partial charge in [0.25, 0.3) is 0 Å². The molecule has 0 fully saturated rings. The first kappa shape index (κ1) is 10.1. The molecule has 1 heterocycles. The van der Waals surface area contributed by atoms with Gasteiger partial charge in [-0.05, 0) is 11.0 Å². The van der Waals surface area contributed by atoms with Crippen LogP contribution in [0.1, 0.15) is 20.8 Å². The number of amides is 2. The first-order chi connectivity index (χ1) is 5.82. The lowest BCUT2D eigenvalue weighted by atomic mass is 9.86. The lowest BCUT2D eigenvalue weighted by molar-refractivity contribution is 0.180. The fraction of sp³-hybridized carbons (Fsp3) is 0.700. The van der Waals surface area contributed by atoms with Crippen molar-refractivity contribution in [2.24, 2.45) is 5.41 Å². The molecule has 0 saturated carbocycles. The molecule has 13 heavy (non-hydrogen) atoms. The van der Waals surface area contributed by atoms with Crippen molar-refractivity contribution in [3.05, 3.63) is 11.8 Å². The molecule has 0 unspecified atom stereocenters. The quantitative estimate of drug-likeness (QED) is 0.561. The van der Waals surface area contributed by atoms with Gasteiger partial charge in [-0.25, -0.2) is 4.79 Å². The van der Waals surface area contributed by atoms with Crippen LogP contribution in [-0.2, 0) is 0 Å². The maximum Gasteiger partial charge on any atom is 0.323 e. The van der Waals surface area contributed by atoms with E-state index in [0.29, 0.717) is 0 Å². The number of carbonyl (C=O) groups is 1. The number of carbonyl (C=O) groups excluding carboxylic acids is 1. The van der Waals surface area contributed by atoms with E-state index >= 15 is 0 Å². The Kier molecular flexibility index (Phi) is 2.37. The molecular weight excluding hydrogens is 164 g/mol. The molecule has 0 aromatic heterocycles. The zero-order chi connectivity index (χ0) is 10.2. The van der Waals surface area contributed by atoms with Gasteiger partial charge in [0.1, 0.15) is 0 Å². The van der Waals surface area contributed by atoms with Crippen LogP contribution < -0.4 is 0 Å². The van der Waals surface area contributed by atoms with Crippen molar-refractivity contribution in [1.29, 1.82) is 0 Å². The number of hydrogen-bond acceptors (Lipinski definition) is 1. The Morgan fingerprint density at radius 3 is 2.23 bits per heavy atom. The van der Waals surface area contributed by atoms with Crippen LogP contribution in [0.4, 0.5) is 4.79 Å². The highest BCUT2D eigenvalue weighted by atomic mass is 16.2. The van der Waals surface area contributed by atoms with Crippen LogP contribution in [0, 0.1) is 5.41 Å². The predicted molar refractivity (Wildman–Crippen MR) is 53.3 cm³/mol. The summed E-state index contributed by atoms with van der Waals surface area (Å²) < 4.78 is 0. The molecule has 3 heteroatoms. The van der Waals surface area contributed by atoms with Crippen LogP contribution in [-0.4, -0.2) is 36.5 Å². The zero-order valence-corrected chi connectivity index (χ0v) is 9.09. The van der Waals surface area contributed by atoms with Crippen LogP contribution >= 0.6 is 0 Å². The van der Waals surface area contributed by atoms with E-state index in [0.717, 1.165) is 6.54 Å². The van der Waals surface area contributed by atoms with E-state index in [2.05, 4.69) is 20.8 Å². The molecule has 0 aromatic carbocycles. The molecule has 1 aliphatic rings. The normalized spacial score (nSPS) is 19.2. The first-order valence-electron chi connectivity index (χ1n) is 4.51. The van der Waals surface area contributed by atoms with Crippen LogP contribution in [0.5, 0.6) is 0 Å². The molecular formula is C10H18N2O. The minimum absolute atomic E-state index is 0.0630. The van der Waals surface area contributed by atoms with Crippen LogP contribution in [0.25, 0.3) is 0 Å². The predicted octanol–water partition coefficient (Wildman–Crippen LogP) is 1.91. The van der Waals surface area contributed by atoms with Crippen LogP contribution in [0.15, 0.2) is 11.8 Å². The van der Waals surface area contributed by atoms with Gasteiger partial charge in [-0.1, -0.05) is 20.8 Å². The van der Waals surface area contributed by atoms with E-state index < -0.39 is 0 Å². The first-order valence-corrected chi connectivity index (χ1v) is 4.51. The smallest absolute Gasteiger partial charge is 0.323 e. The number of rotatable bonds is 0. The minimum Gasteiger partial charge on any atom is -0.323 e. The second kappa shape index (κ2) is 3.05.